The van der Waals surface area contributed by atoms with E-state index in [1.165, 1.54) is 0 Å². The van der Waals surface area contributed by atoms with E-state index in [-0.39, 0.29) is 12.0 Å². The monoisotopic (exact) mass is 341 g/mol. The van der Waals surface area contributed by atoms with Gasteiger partial charge in [-0.15, -0.1) is 0 Å². The first-order valence-electron chi connectivity index (χ1n) is 8.51. The second-order valence-electron chi connectivity index (χ2n) is 6.09. The van der Waals surface area contributed by atoms with Gasteiger partial charge in [0.2, 0.25) is 5.91 Å². The number of aromatic nitrogens is 2. The smallest absolute Gasteiger partial charge is 0.226 e. The zero-order valence-corrected chi connectivity index (χ0v) is 14.6. The highest BCUT2D eigenvalue weighted by Crippen LogP contribution is 2.21. The van der Waals surface area contributed by atoms with Crippen LogP contribution in [0.5, 0.6) is 5.75 Å². The molecular formula is C19H23N3O3. The quantitative estimate of drug-likeness (QED) is 0.836. The van der Waals surface area contributed by atoms with E-state index in [1.807, 2.05) is 55.1 Å². The van der Waals surface area contributed by atoms with Crippen molar-refractivity contribution in [3.05, 3.63) is 53.6 Å². The van der Waals surface area contributed by atoms with Gasteiger partial charge in [0.15, 0.2) is 0 Å². The van der Waals surface area contributed by atoms with Crippen LogP contribution >= 0.6 is 0 Å². The van der Waals surface area contributed by atoms with Gasteiger partial charge in [0.05, 0.1) is 31.9 Å². The normalized spacial score (nSPS) is 17.4. The Morgan fingerprint density at radius 2 is 2.08 bits per heavy atom. The van der Waals surface area contributed by atoms with E-state index >= 15 is 0 Å². The van der Waals surface area contributed by atoms with Gasteiger partial charge in [-0.05, 0) is 32.0 Å². The molecule has 0 N–H and O–H groups in total. The number of hydrogen-bond acceptors (Lipinski definition) is 5. The number of morpholine rings is 1. The maximum Gasteiger partial charge on any atom is 0.226 e. The lowest BCUT2D eigenvalue weighted by Crippen LogP contribution is -2.43. The molecule has 0 unspecified atom stereocenters. The summed E-state index contributed by atoms with van der Waals surface area (Å²) in [7, 11) is 0. The maximum atomic E-state index is 12.5. The van der Waals surface area contributed by atoms with Crippen LogP contribution in [-0.4, -0.2) is 47.1 Å². The molecule has 1 atom stereocenters. The van der Waals surface area contributed by atoms with Crippen molar-refractivity contribution in [3.63, 3.8) is 0 Å². The third-order valence-corrected chi connectivity index (χ3v) is 4.06. The summed E-state index contributed by atoms with van der Waals surface area (Å²) >= 11 is 0. The Hall–Kier alpha value is -2.47. The molecule has 0 radical (unpaired) electrons. The van der Waals surface area contributed by atoms with Crippen molar-refractivity contribution in [2.24, 2.45) is 0 Å². The fourth-order valence-corrected chi connectivity index (χ4v) is 2.90. The minimum Gasteiger partial charge on any atom is -0.493 e. The Morgan fingerprint density at radius 1 is 1.28 bits per heavy atom. The largest absolute Gasteiger partial charge is 0.493 e. The molecule has 0 aliphatic carbocycles. The van der Waals surface area contributed by atoms with Gasteiger partial charge in [0.1, 0.15) is 17.7 Å². The molecule has 1 saturated heterocycles. The molecule has 0 spiro atoms. The fourth-order valence-electron chi connectivity index (χ4n) is 2.90. The topological polar surface area (TPSA) is 64.6 Å². The highest BCUT2D eigenvalue weighted by Gasteiger charge is 2.26. The van der Waals surface area contributed by atoms with Crippen molar-refractivity contribution < 1.29 is 14.3 Å². The van der Waals surface area contributed by atoms with Crippen molar-refractivity contribution in [2.75, 3.05) is 26.3 Å². The molecule has 25 heavy (non-hydrogen) atoms. The van der Waals surface area contributed by atoms with Crippen LogP contribution in [0, 0.1) is 13.8 Å². The van der Waals surface area contributed by atoms with E-state index in [2.05, 4.69) is 9.97 Å². The summed E-state index contributed by atoms with van der Waals surface area (Å²) < 4.78 is 11.4. The number of nitrogens with zero attached hydrogens (tertiary/aromatic N) is 3. The van der Waals surface area contributed by atoms with Gasteiger partial charge < -0.3 is 14.4 Å². The van der Waals surface area contributed by atoms with Gasteiger partial charge >= 0.3 is 0 Å². The summed E-state index contributed by atoms with van der Waals surface area (Å²) in [5.74, 6) is 1.58. The van der Waals surface area contributed by atoms with E-state index in [0.717, 1.165) is 23.0 Å². The van der Waals surface area contributed by atoms with Crippen LogP contribution in [-0.2, 0) is 9.53 Å². The Morgan fingerprint density at radius 3 is 2.84 bits per heavy atom. The molecule has 1 aliphatic heterocycles. The fraction of sp³-hybridized carbons (Fsp3) is 0.421. The van der Waals surface area contributed by atoms with Crippen LogP contribution in [0.15, 0.2) is 36.4 Å². The van der Waals surface area contributed by atoms with Gasteiger partial charge in [-0.25, -0.2) is 9.97 Å². The molecular weight excluding hydrogens is 318 g/mol. The van der Waals surface area contributed by atoms with Gasteiger partial charge in [0.25, 0.3) is 0 Å². The van der Waals surface area contributed by atoms with Gasteiger partial charge in [-0.3, -0.25) is 4.79 Å². The standard InChI is InChI=1S/C19H23N3O3/c1-14-12-17(21-15(2)20-14)18-13-22(9-11-25-18)19(23)8-10-24-16-6-4-3-5-7-16/h3-7,12,18H,8-11,13H2,1-2H3/t18-/m1/s1. The molecule has 6 nitrogen and oxygen atoms in total. The minimum absolute atomic E-state index is 0.0757. The number of aryl methyl sites for hydroxylation is 2. The first kappa shape index (κ1) is 17.4. The van der Waals surface area contributed by atoms with Crippen LogP contribution in [0.2, 0.25) is 0 Å². The van der Waals surface area contributed by atoms with Crippen molar-refractivity contribution >= 4 is 5.91 Å². The van der Waals surface area contributed by atoms with Crippen molar-refractivity contribution in [2.45, 2.75) is 26.4 Å². The van der Waals surface area contributed by atoms with E-state index in [1.54, 1.807) is 0 Å². The van der Waals surface area contributed by atoms with E-state index < -0.39 is 0 Å². The minimum atomic E-state index is -0.201. The van der Waals surface area contributed by atoms with Crippen molar-refractivity contribution in [3.8, 4) is 5.75 Å². The predicted octanol–water partition coefficient (Wildman–Crippen LogP) is 2.46. The first-order chi connectivity index (χ1) is 12.1. The molecule has 1 fully saturated rings. The summed E-state index contributed by atoms with van der Waals surface area (Å²) in [5.41, 5.74) is 1.74. The third kappa shape index (κ3) is 4.76. The maximum absolute atomic E-state index is 12.5. The molecule has 2 heterocycles. The lowest BCUT2D eigenvalue weighted by atomic mass is 10.1. The number of para-hydroxylation sites is 1. The third-order valence-electron chi connectivity index (χ3n) is 4.06. The number of benzene rings is 1. The number of amides is 1. The van der Waals surface area contributed by atoms with E-state index in [4.69, 9.17) is 9.47 Å². The Balaban J connectivity index is 1.54. The van der Waals surface area contributed by atoms with Gasteiger partial charge in [0, 0.05) is 12.2 Å². The van der Waals surface area contributed by atoms with Crippen LogP contribution in [0.1, 0.15) is 29.7 Å². The van der Waals surface area contributed by atoms with Crippen LogP contribution in [0.3, 0.4) is 0 Å². The average molecular weight is 341 g/mol. The molecule has 0 saturated carbocycles. The van der Waals surface area contributed by atoms with Crippen LogP contribution in [0.25, 0.3) is 0 Å². The molecule has 132 valence electrons. The SMILES string of the molecule is Cc1cc([C@H]2CN(C(=O)CCOc3ccccc3)CCO2)nc(C)n1. The molecule has 1 aliphatic rings. The highest BCUT2D eigenvalue weighted by molar-refractivity contribution is 5.76. The zero-order chi connectivity index (χ0) is 17.6. The summed E-state index contributed by atoms with van der Waals surface area (Å²) in [6, 6.07) is 11.4. The molecule has 6 heteroatoms. The Labute approximate surface area is 147 Å². The summed E-state index contributed by atoms with van der Waals surface area (Å²) in [6.07, 6.45) is 0.150. The summed E-state index contributed by atoms with van der Waals surface area (Å²) in [4.78, 5) is 23.0. The molecule has 1 aromatic carbocycles. The second kappa shape index (κ2) is 8.07. The number of carbonyl (C=O) groups excluding carboxylic acids is 1. The highest BCUT2D eigenvalue weighted by atomic mass is 16.5. The Bertz CT molecular complexity index is 701. The van der Waals surface area contributed by atoms with Gasteiger partial charge in [-0.2, -0.15) is 0 Å². The van der Waals surface area contributed by atoms with E-state index in [9.17, 15) is 4.79 Å². The number of carbonyl (C=O) groups is 1. The zero-order valence-electron chi connectivity index (χ0n) is 14.6. The van der Waals surface area contributed by atoms with Gasteiger partial charge in [-0.1, -0.05) is 18.2 Å². The predicted molar refractivity (Wildman–Crippen MR) is 93.3 cm³/mol. The molecule has 3 rings (SSSR count). The molecule has 2 aromatic rings. The van der Waals surface area contributed by atoms with Crippen molar-refractivity contribution in [1.82, 2.24) is 14.9 Å². The van der Waals surface area contributed by atoms with Crippen molar-refractivity contribution in [1.29, 1.82) is 0 Å². The number of hydrogen-bond donors (Lipinski definition) is 0. The molecule has 1 aromatic heterocycles. The second-order valence-corrected chi connectivity index (χ2v) is 6.09. The molecule has 1 amide bonds. The number of ether oxygens (including phenoxy) is 2. The van der Waals surface area contributed by atoms with E-state index in [0.29, 0.717) is 32.7 Å². The Kier molecular flexibility index (Phi) is 5.60. The lowest BCUT2D eigenvalue weighted by molar-refractivity contribution is -0.139. The van der Waals surface area contributed by atoms with Crippen LogP contribution in [0.4, 0.5) is 0 Å². The summed E-state index contributed by atoms with van der Waals surface area (Å²) in [5, 5.41) is 0. The summed E-state index contributed by atoms with van der Waals surface area (Å²) in [6.45, 7) is 5.80. The lowest BCUT2D eigenvalue weighted by Gasteiger charge is -2.32. The first-order valence-corrected chi connectivity index (χ1v) is 8.51. The molecule has 0 bridgehead atoms. The van der Waals surface area contributed by atoms with Crippen LogP contribution < -0.4 is 4.74 Å². The number of rotatable bonds is 5. The average Bonchev–Trinajstić information content (AvgIpc) is 2.62.